The number of unbranched alkanes of at least 4 members (excludes halogenated alkanes) is 1. The number of aryl methyl sites for hydroxylation is 2. The monoisotopic (exact) mass is 328 g/mol. The molecule has 128 valence electrons. The Morgan fingerprint density at radius 2 is 1.62 bits per heavy atom. The smallest absolute Gasteiger partial charge is 0.243 e. The number of pyridine rings is 1. The Balaban J connectivity index is 1.75. The zero-order chi connectivity index (χ0) is 17.2. The van der Waals surface area contributed by atoms with Gasteiger partial charge in [-0.05, 0) is 54.5 Å². The summed E-state index contributed by atoms with van der Waals surface area (Å²) in [5, 5.41) is 18.6. The van der Waals surface area contributed by atoms with E-state index in [1.807, 2.05) is 24.3 Å². The first-order valence-corrected chi connectivity index (χ1v) is 8.28. The molecule has 1 aromatic carbocycles. The fourth-order valence-electron chi connectivity index (χ4n) is 2.59. The third-order valence-corrected chi connectivity index (χ3v) is 4.07. The summed E-state index contributed by atoms with van der Waals surface area (Å²) in [5.41, 5.74) is 5.01. The van der Waals surface area contributed by atoms with Crippen LogP contribution >= 0.6 is 0 Å². The van der Waals surface area contributed by atoms with E-state index in [9.17, 15) is 9.90 Å². The number of rotatable bonds is 9. The maximum Gasteiger partial charge on any atom is 0.243 e. The zero-order valence-corrected chi connectivity index (χ0v) is 13.7. The highest BCUT2D eigenvalue weighted by Gasteiger charge is 2.08. The fourth-order valence-corrected chi connectivity index (χ4v) is 2.59. The lowest BCUT2D eigenvalue weighted by Gasteiger charge is -2.11. The van der Waals surface area contributed by atoms with Crippen LogP contribution in [0.4, 0.5) is 0 Å². The summed E-state index contributed by atoms with van der Waals surface area (Å²) >= 11 is 0. The van der Waals surface area contributed by atoms with Crippen LogP contribution in [0.1, 0.15) is 48.5 Å². The van der Waals surface area contributed by atoms with E-state index in [4.69, 9.17) is 5.21 Å². The molecule has 0 aliphatic carbocycles. The van der Waals surface area contributed by atoms with Crippen molar-refractivity contribution in [3.8, 4) is 0 Å². The number of carbonyl (C=O) groups is 1. The van der Waals surface area contributed by atoms with Crippen LogP contribution in [0.15, 0.2) is 48.8 Å². The number of carbonyl (C=O) groups excluding carboxylic acids is 1. The van der Waals surface area contributed by atoms with Crippen molar-refractivity contribution in [2.24, 2.45) is 0 Å². The number of nitrogens with one attached hydrogen (secondary N) is 1. The maximum atomic E-state index is 10.9. The predicted octanol–water partition coefficient (Wildman–Crippen LogP) is 2.97. The van der Waals surface area contributed by atoms with E-state index in [1.54, 1.807) is 17.9 Å². The minimum Gasteiger partial charge on any atom is -0.388 e. The molecule has 0 fully saturated rings. The Kier molecular flexibility index (Phi) is 7.39. The van der Waals surface area contributed by atoms with Crippen molar-refractivity contribution in [3.05, 3.63) is 65.5 Å². The number of amides is 1. The van der Waals surface area contributed by atoms with E-state index in [1.165, 1.54) is 11.1 Å². The largest absolute Gasteiger partial charge is 0.388 e. The van der Waals surface area contributed by atoms with Gasteiger partial charge in [-0.15, -0.1) is 0 Å². The first kappa shape index (κ1) is 18.1. The second-order valence-corrected chi connectivity index (χ2v) is 5.89. The molecule has 5 nitrogen and oxygen atoms in total. The topological polar surface area (TPSA) is 82.5 Å². The molecule has 3 N–H and O–H groups in total. The van der Waals surface area contributed by atoms with E-state index in [0.717, 1.165) is 24.8 Å². The molecule has 0 aliphatic rings. The summed E-state index contributed by atoms with van der Waals surface area (Å²) in [6.07, 6.45) is 7.28. The average Bonchev–Trinajstić information content (AvgIpc) is 2.64. The quantitative estimate of drug-likeness (QED) is 0.375. The molecule has 1 atom stereocenters. The lowest BCUT2D eigenvalue weighted by molar-refractivity contribution is -0.129. The summed E-state index contributed by atoms with van der Waals surface area (Å²) in [4.78, 5) is 14.9. The highest BCUT2D eigenvalue weighted by molar-refractivity contribution is 5.74. The number of aliphatic hydroxyl groups excluding tert-OH is 1. The fraction of sp³-hybridized carbons (Fsp3) is 0.368. The summed E-state index contributed by atoms with van der Waals surface area (Å²) < 4.78 is 0. The number of benzene rings is 1. The van der Waals surface area contributed by atoms with E-state index in [0.29, 0.717) is 12.8 Å². The first-order chi connectivity index (χ1) is 11.7. The molecule has 1 heterocycles. The van der Waals surface area contributed by atoms with Crippen LogP contribution in [0.25, 0.3) is 0 Å². The second-order valence-electron chi connectivity index (χ2n) is 5.89. The lowest BCUT2D eigenvalue weighted by Crippen LogP contribution is -2.17. The molecule has 0 bridgehead atoms. The van der Waals surface area contributed by atoms with Gasteiger partial charge in [-0.3, -0.25) is 15.0 Å². The highest BCUT2D eigenvalue weighted by Crippen LogP contribution is 2.20. The molecule has 0 saturated carbocycles. The van der Waals surface area contributed by atoms with Crippen molar-refractivity contribution < 1.29 is 15.1 Å². The second kappa shape index (κ2) is 9.80. The Hall–Kier alpha value is -2.24. The van der Waals surface area contributed by atoms with Gasteiger partial charge < -0.3 is 5.11 Å². The van der Waals surface area contributed by atoms with E-state index >= 15 is 0 Å². The van der Waals surface area contributed by atoms with E-state index in [-0.39, 0.29) is 12.3 Å². The van der Waals surface area contributed by atoms with Crippen molar-refractivity contribution >= 4 is 5.91 Å². The van der Waals surface area contributed by atoms with Crippen molar-refractivity contribution in [2.75, 3.05) is 0 Å². The molecule has 24 heavy (non-hydrogen) atoms. The van der Waals surface area contributed by atoms with Gasteiger partial charge in [0.25, 0.3) is 0 Å². The number of hydrogen-bond donors (Lipinski definition) is 3. The van der Waals surface area contributed by atoms with Gasteiger partial charge in [0.15, 0.2) is 0 Å². The van der Waals surface area contributed by atoms with Gasteiger partial charge in [-0.25, -0.2) is 5.48 Å². The predicted molar refractivity (Wildman–Crippen MR) is 91.4 cm³/mol. The lowest BCUT2D eigenvalue weighted by atomic mass is 9.99. The van der Waals surface area contributed by atoms with Crippen molar-refractivity contribution in [3.63, 3.8) is 0 Å². The Bertz CT molecular complexity index is 614. The van der Waals surface area contributed by atoms with E-state index < -0.39 is 6.10 Å². The molecule has 0 spiro atoms. The third-order valence-electron chi connectivity index (χ3n) is 4.07. The molecule has 5 heteroatoms. The number of aliphatic hydroxyl groups is 1. The molecular weight excluding hydrogens is 304 g/mol. The summed E-state index contributed by atoms with van der Waals surface area (Å²) in [7, 11) is 0. The van der Waals surface area contributed by atoms with Gasteiger partial charge in [0, 0.05) is 18.8 Å². The van der Waals surface area contributed by atoms with E-state index in [2.05, 4.69) is 17.1 Å². The van der Waals surface area contributed by atoms with Gasteiger partial charge in [0.2, 0.25) is 5.91 Å². The normalized spacial score (nSPS) is 11.9. The van der Waals surface area contributed by atoms with Crippen molar-refractivity contribution in [1.82, 2.24) is 10.5 Å². The third kappa shape index (κ3) is 6.10. The number of nitrogens with zero attached hydrogens (tertiary/aromatic N) is 1. The Morgan fingerprint density at radius 3 is 2.25 bits per heavy atom. The van der Waals surface area contributed by atoms with Crippen LogP contribution in [-0.2, 0) is 17.6 Å². The molecule has 0 aliphatic heterocycles. The summed E-state index contributed by atoms with van der Waals surface area (Å²) in [6.45, 7) is 0. The van der Waals surface area contributed by atoms with Gasteiger partial charge in [-0.2, -0.15) is 0 Å². The van der Waals surface area contributed by atoms with Gasteiger partial charge >= 0.3 is 0 Å². The summed E-state index contributed by atoms with van der Waals surface area (Å²) in [5.74, 6) is -0.386. The number of hydrogen-bond acceptors (Lipinski definition) is 4. The SMILES string of the molecule is O=C(CCCCC(O)c1ccc(CCc2ccncc2)cc1)NO. The minimum absolute atomic E-state index is 0.275. The number of aromatic nitrogens is 1. The zero-order valence-electron chi connectivity index (χ0n) is 13.7. The highest BCUT2D eigenvalue weighted by atomic mass is 16.5. The standard InChI is InChI=1S/C19H24N2O3/c22-18(3-1-2-4-19(23)21-24)17-9-7-15(8-10-17)5-6-16-11-13-20-14-12-16/h7-14,18,22,24H,1-6H2,(H,21,23). The molecule has 2 rings (SSSR count). The van der Waals surface area contributed by atoms with Gasteiger partial charge in [0.1, 0.15) is 0 Å². The van der Waals surface area contributed by atoms with Crippen LogP contribution in [0.2, 0.25) is 0 Å². The Morgan fingerprint density at radius 1 is 1.00 bits per heavy atom. The first-order valence-electron chi connectivity index (χ1n) is 8.28. The molecule has 0 radical (unpaired) electrons. The van der Waals surface area contributed by atoms with Crippen LogP contribution < -0.4 is 5.48 Å². The average molecular weight is 328 g/mol. The van der Waals surface area contributed by atoms with Crippen LogP contribution in [0.5, 0.6) is 0 Å². The number of hydroxylamine groups is 1. The molecule has 2 aromatic rings. The molecule has 0 saturated heterocycles. The molecular formula is C19H24N2O3. The van der Waals surface area contributed by atoms with Crippen molar-refractivity contribution in [2.45, 2.75) is 44.6 Å². The molecule has 1 amide bonds. The Labute approximate surface area is 142 Å². The van der Waals surface area contributed by atoms with Crippen molar-refractivity contribution in [1.29, 1.82) is 0 Å². The van der Waals surface area contributed by atoms with Gasteiger partial charge in [-0.1, -0.05) is 30.7 Å². The minimum atomic E-state index is -0.517. The van der Waals surface area contributed by atoms with Gasteiger partial charge in [0.05, 0.1) is 6.10 Å². The molecule has 1 aromatic heterocycles. The molecule has 1 unspecified atom stereocenters. The van der Waals surface area contributed by atoms with Crippen LogP contribution in [0, 0.1) is 0 Å². The van der Waals surface area contributed by atoms with Crippen LogP contribution in [0.3, 0.4) is 0 Å². The van der Waals surface area contributed by atoms with Crippen LogP contribution in [-0.4, -0.2) is 21.2 Å². The summed E-state index contributed by atoms with van der Waals surface area (Å²) in [6, 6.07) is 12.1. The maximum absolute atomic E-state index is 10.9.